The molecule has 0 unspecified atom stereocenters. The minimum absolute atomic E-state index is 0.0936. The number of carbonyl (C=O) groups excluding carboxylic acids is 1. The molecule has 1 N–H and O–H groups in total. The van der Waals surface area contributed by atoms with Crippen LogP contribution in [-0.4, -0.2) is 40.0 Å². The summed E-state index contributed by atoms with van der Waals surface area (Å²) in [5, 5.41) is 10.4. The minimum atomic E-state index is -0.783. The van der Waals surface area contributed by atoms with Crippen molar-refractivity contribution < 1.29 is 14.7 Å². The lowest BCUT2D eigenvalue weighted by atomic mass is 9.92. The van der Waals surface area contributed by atoms with Crippen LogP contribution < -0.4 is 0 Å². The molecule has 24 heavy (non-hydrogen) atoms. The molecule has 2 heterocycles. The van der Waals surface area contributed by atoms with E-state index in [0.29, 0.717) is 30.1 Å². The summed E-state index contributed by atoms with van der Waals surface area (Å²) in [5.41, 5.74) is 2.13. The quantitative estimate of drug-likeness (QED) is 0.942. The Morgan fingerprint density at radius 3 is 2.67 bits per heavy atom. The summed E-state index contributed by atoms with van der Waals surface area (Å²) < 4.78 is 0. The number of carboxylic acids is 1. The number of nitrogens with zero attached hydrogens (tertiary/aromatic N) is 2. The van der Waals surface area contributed by atoms with E-state index in [1.807, 2.05) is 31.2 Å². The second-order valence-corrected chi connectivity index (χ2v) is 6.99. The van der Waals surface area contributed by atoms with Gasteiger partial charge >= 0.3 is 5.97 Å². The van der Waals surface area contributed by atoms with Gasteiger partial charge in [-0.15, -0.1) is 0 Å². The molecule has 124 valence electrons. The number of aryl methyl sites for hydroxylation is 1. The second-order valence-electron chi connectivity index (χ2n) is 6.99. The molecule has 2 aliphatic rings. The van der Waals surface area contributed by atoms with E-state index in [1.54, 1.807) is 11.0 Å². The zero-order valence-corrected chi connectivity index (χ0v) is 13.6. The number of carbonyl (C=O) groups is 2. The lowest BCUT2D eigenvalue weighted by Gasteiger charge is -2.17. The lowest BCUT2D eigenvalue weighted by Crippen LogP contribution is -2.30. The second kappa shape index (κ2) is 5.58. The van der Waals surface area contributed by atoms with Crippen LogP contribution in [0.5, 0.6) is 0 Å². The summed E-state index contributed by atoms with van der Waals surface area (Å²) in [4.78, 5) is 30.8. The molecule has 1 saturated carbocycles. The van der Waals surface area contributed by atoms with Gasteiger partial charge in [0.05, 0.1) is 17.0 Å². The number of carboxylic acid groups (broad SMARTS) is 1. The third-order valence-electron chi connectivity index (χ3n) is 5.29. The fourth-order valence-corrected chi connectivity index (χ4v) is 3.85. The Bertz CT molecular complexity index is 828. The Hall–Kier alpha value is -2.43. The number of benzene rings is 1. The van der Waals surface area contributed by atoms with Crippen molar-refractivity contribution in [2.45, 2.75) is 19.8 Å². The maximum Gasteiger partial charge on any atom is 0.308 e. The van der Waals surface area contributed by atoms with Gasteiger partial charge in [-0.1, -0.05) is 18.2 Å². The fraction of sp³-hybridized carbons (Fsp3) is 0.421. The predicted molar refractivity (Wildman–Crippen MR) is 89.7 cm³/mol. The van der Waals surface area contributed by atoms with Crippen molar-refractivity contribution in [3.63, 3.8) is 0 Å². The van der Waals surface area contributed by atoms with Gasteiger partial charge in [0.25, 0.3) is 5.91 Å². The maximum absolute atomic E-state index is 13.0. The van der Waals surface area contributed by atoms with E-state index < -0.39 is 11.9 Å². The Labute approximate surface area is 140 Å². The number of hydrogen-bond acceptors (Lipinski definition) is 3. The molecule has 0 radical (unpaired) electrons. The first-order valence-corrected chi connectivity index (χ1v) is 8.43. The smallest absolute Gasteiger partial charge is 0.308 e. The molecule has 1 aromatic heterocycles. The van der Waals surface area contributed by atoms with Crippen LogP contribution in [0.25, 0.3) is 10.9 Å². The van der Waals surface area contributed by atoms with Gasteiger partial charge in [-0.3, -0.25) is 14.6 Å². The molecule has 5 heteroatoms. The SMILES string of the molecule is Cc1ccc2cccc(C(=O)N3C[C@H](C(=O)O)[C@@H](C4CC4)C3)c2n1. The molecule has 5 nitrogen and oxygen atoms in total. The predicted octanol–water partition coefficient (Wildman–Crippen LogP) is 2.73. The summed E-state index contributed by atoms with van der Waals surface area (Å²) in [5.74, 6) is -0.763. The molecular weight excluding hydrogens is 304 g/mol. The van der Waals surface area contributed by atoms with Crippen LogP contribution in [0.3, 0.4) is 0 Å². The van der Waals surface area contributed by atoms with Gasteiger partial charge in [-0.05, 0) is 43.7 Å². The third-order valence-corrected chi connectivity index (χ3v) is 5.29. The zero-order chi connectivity index (χ0) is 16.8. The van der Waals surface area contributed by atoms with Crippen LogP contribution in [0.2, 0.25) is 0 Å². The molecule has 1 aromatic carbocycles. The minimum Gasteiger partial charge on any atom is -0.481 e. The number of aromatic nitrogens is 1. The van der Waals surface area contributed by atoms with Crippen molar-refractivity contribution >= 4 is 22.8 Å². The summed E-state index contributed by atoms with van der Waals surface area (Å²) in [6.07, 6.45) is 2.18. The number of rotatable bonds is 3. The van der Waals surface area contributed by atoms with Crippen LogP contribution in [0.1, 0.15) is 28.9 Å². The van der Waals surface area contributed by atoms with Gasteiger partial charge in [-0.25, -0.2) is 0 Å². The molecule has 1 saturated heterocycles. The molecular formula is C19H20N2O3. The fourth-order valence-electron chi connectivity index (χ4n) is 3.85. The van der Waals surface area contributed by atoms with Gasteiger partial charge in [0, 0.05) is 24.2 Å². The van der Waals surface area contributed by atoms with Crippen LogP contribution in [0.4, 0.5) is 0 Å². The number of para-hydroxylation sites is 1. The molecule has 2 fully saturated rings. The summed E-state index contributed by atoms with van der Waals surface area (Å²) in [6.45, 7) is 2.75. The Morgan fingerprint density at radius 2 is 1.96 bits per heavy atom. The molecule has 1 amide bonds. The number of pyridine rings is 1. The Balaban J connectivity index is 1.67. The highest BCUT2D eigenvalue weighted by molar-refractivity contribution is 6.05. The molecule has 2 aromatic rings. The summed E-state index contributed by atoms with van der Waals surface area (Å²) >= 11 is 0. The molecule has 1 aliphatic carbocycles. The van der Waals surface area contributed by atoms with Crippen molar-refractivity contribution in [2.75, 3.05) is 13.1 Å². The van der Waals surface area contributed by atoms with Crippen LogP contribution >= 0.6 is 0 Å². The average molecular weight is 324 g/mol. The van der Waals surface area contributed by atoms with E-state index in [0.717, 1.165) is 23.9 Å². The average Bonchev–Trinajstić information content (AvgIpc) is 3.31. The normalized spacial score (nSPS) is 23.6. The first-order chi connectivity index (χ1) is 11.5. The summed E-state index contributed by atoms with van der Waals surface area (Å²) in [7, 11) is 0. The largest absolute Gasteiger partial charge is 0.481 e. The van der Waals surface area contributed by atoms with E-state index in [4.69, 9.17) is 0 Å². The first kappa shape index (κ1) is 15.1. The monoisotopic (exact) mass is 324 g/mol. The third kappa shape index (κ3) is 2.54. The number of amides is 1. The van der Waals surface area contributed by atoms with Crippen molar-refractivity contribution in [3.05, 3.63) is 41.6 Å². The van der Waals surface area contributed by atoms with E-state index in [1.165, 1.54) is 0 Å². The van der Waals surface area contributed by atoms with Crippen molar-refractivity contribution in [3.8, 4) is 0 Å². The number of fused-ring (bicyclic) bond motifs is 1. The van der Waals surface area contributed by atoms with Crippen molar-refractivity contribution in [1.82, 2.24) is 9.88 Å². The maximum atomic E-state index is 13.0. The highest BCUT2D eigenvalue weighted by atomic mass is 16.4. The molecule has 1 aliphatic heterocycles. The van der Waals surface area contributed by atoms with Crippen LogP contribution in [0, 0.1) is 24.7 Å². The molecule has 0 spiro atoms. The van der Waals surface area contributed by atoms with Gasteiger partial charge in [-0.2, -0.15) is 0 Å². The van der Waals surface area contributed by atoms with Gasteiger partial charge in [0.2, 0.25) is 0 Å². The number of hydrogen-bond donors (Lipinski definition) is 1. The first-order valence-electron chi connectivity index (χ1n) is 8.43. The van der Waals surface area contributed by atoms with E-state index in [2.05, 4.69) is 4.98 Å². The number of aliphatic carboxylic acids is 1. The lowest BCUT2D eigenvalue weighted by molar-refractivity contribution is -0.142. The van der Waals surface area contributed by atoms with E-state index in [9.17, 15) is 14.7 Å². The van der Waals surface area contributed by atoms with Gasteiger partial charge < -0.3 is 10.0 Å². The molecule has 4 rings (SSSR count). The molecule has 2 atom stereocenters. The van der Waals surface area contributed by atoms with Gasteiger partial charge in [0.15, 0.2) is 0 Å². The van der Waals surface area contributed by atoms with Crippen molar-refractivity contribution in [1.29, 1.82) is 0 Å². The summed E-state index contributed by atoms with van der Waals surface area (Å²) in [6, 6.07) is 9.48. The van der Waals surface area contributed by atoms with Crippen LogP contribution in [-0.2, 0) is 4.79 Å². The highest BCUT2D eigenvalue weighted by Crippen LogP contribution is 2.44. The van der Waals surface area contributed by atoms with Crippen molar-refractivity contribution in [2.24, 2.45) is 17.8 Å². The van der Waals surface area contributed by atoms with E-state index in [-0.39, 0.29) is 11.8 Å². The zero-order valence-electron chi connectivity index (χ0n) is 13.6. The Kier molecular flexibility index (Phi) is 3.52. The van der Waals surface area contributed by atoms with Gasteiger partial charge in [0.1, 0.15) is 0 Å². The molecule has 0 bridgehead atoms. The standard InChI is InChI=1S/C19H20N2O3/c1-11-5-6-13-3-2-4-14(17(13)20-11)18(22)21-9-15(12-7-8-12)16(10-21)19(23)24/h2-6,12,15-16H,7-10H2,1H3,(H,23,24)/t15-,16+/m1/s1. The topological polar surface area (TPSA) is 70.5 Å². The Morgan fingerprint density at radius 1 is 1.17 bits per heavy atom. The highest BCUT2D eigenvalue weighted by Gasteiger charge is 2.47. The van der Waals surface area contributed by atoms with Crippen LogP contribution in [0.15, 0.2) is 30.3 Å². The van der Waals surface area contributed by atoms with E-state index >= 15 is 0 Å². The number of likely N-dealkylation sites (tertiary alicyclic amines) is 1.